The van der Waals surface area contributed by atoms with Gasteiger partial charge >= 0.3 is 5.97 Å². The van der Waals surface area contributed by atoms with Crippen molar-refractivity contribution in [3.63, 3.8) is 0 Å². The Morgan fingerprint density at radius 1 is 1.69 bits per heavy atom. The molecule has 1 aromatic rings. The number of carbonyl (C=O) groups is 1. The van der Waals surface area contributed by atoms with Crippen LogP contribution in [0, 0.1) is 11.3 Å². The molecule has 1 N–H and O–H groups in total. The number of hydrogen-bond acceptors (Lipinski definition) is 3. The van der Waals surface area contributed by atoms with Crippen molar-refractivity contribution in [3.05, 3.63) is 30.1 Å². The van der Waals surface area contributed by atoms with Crippen LogP contribution in [0.2, 0.25) is 0 Å². The Hall–Kier alpha value is -1.89. The van der Waals surface area contributed by atoms with E-state index in [0.29, 0.717) is 5.69 Å². The summed E-state index contributed by atoms with van der Waals surface area (Å²) < 4.78 is 0. The van der Waals surface area contributed by atoms with E-state index in [0.717, 1.165) is 0 Å². The second kappa shape index (κ2) is 4.21. The number of carboxylic acids is 1. The van der Waals surface area contributed by atoms with E-state index in [2.05, 4.69) is 4.98 Å². The zero-order valence-electron chi connectivity index (χ0n) is 6.84. The molecule has 66 valence electrons. The van der Waals surface area contributed by atoms with E-state index < -0.39 is 11.9 Å². The van der Waals surface area contributed by atoms with Gasteiger partial charge in [0.2, 0.25) is 0 Å². The van der Waals surface area contributed by atoms with Gasteiger partial charge in [-0.15, -0.1) is 0 Å². The molecular formula is C9H8N2O2. The van der Waals surface area contributed by atoms with Gasteiger partial charge in [-0.2, -0.15) is 5.26 Å². The molecule has 1 unspecified atom stereocenters. The van der Waals surface area contributed by atoms with Gasteiger partial charge in [0.05, 0.1) is 24.1 Å². The fourth-order valence-electron chi connectivity index (χ4n) is 0.973. The van der Waals surface area contributed by atoms with Crippen LogP contribution in [0.4, 0.5) is 0 Å². The summed E-state index contributed by atoms with van der Waals surface area (Å²) in [5.74, 6) is -1.64. The molecule has 0 saturated heterocycles. The summed E-state index contributed by atoms with van der Waals surface area (Å²) in [6.45, 7) is 0. The van der Waals surface area contributed by atoms with Crippen LogP contribution in [-0.4, -0.2) is 16.1 Å². The van der Waals surface area contributed by atoms with E-state index in [9.17, 15) is 4.79 Å². The summed E-state index contributed by atoms with van der Waals surface area (Å²) in [7, 11) is 0. The van der Waals surface area contributed by atoms with Crippen LogP contribution in [0.3, 0.4) is 0 Å². The summed E-state index contributed by atoms with van der Waals surface area (Å²) in [6, 6.07) is 7.01. The molecule has 0 bridgehead atoms. The van der Waals surface area contributed by atoms with Crippen molar-refractivity contribution >= 4 is 5.97 Å². The van der Waals surface area contributed by atoms with Crippen LogP contribution in [0.25, 0.3) is 0 Å². The molecule has 13 heavy (non-hydrogen) atoms. The molecule has 1 rings (SSSR count). The molecule has 0 saturated carbocycles. The standard InChI is InChI=1S/C9H8N2O2/c10-6-7(5-9(12)13)8-3-1-2-4-11-8/h1-4,7H,5H2,(H,12,13). The minimum Gasteiger partial charge on any atom is -0.481 e. The van der Waals surface area contributed by atoms with E-state index in [1.54, 1.807) is 24.4 Å². The maximum absolute atomic E-state index is 10.4. The maximum atomic E-state index is 10.4. The molecule has 0 aromatic carbocycles. The first-order valence-electron chi connectivity index (χ1n) is 3.76. The van der Waals surface area contributed by atoms with Crippen LogP contribution in [0.1, 0.15) is 18.0 Å². The lowest BCUT2D eigenvalue weighted by Crippen LogP contribution is -2.05. The van der Waals surface area contributed by atoms with Crippen molar-refractivity contribution in [2.45, 2.75) is 12.3 Å². The molecule has 4 heteroatoms. The number of carboxylic acid groups (broad SMARTS) is 1. The lowest BCUT2D eigenvalue weighted by molar-refractivity contribution is -0.137. The van der Waals surface area contributed by atoms with E-state index in [-0.39, 0.29) is 6.42 Å². The summed E-state index contributed by atoms with van der Waals surface area (Å²) in [5, 5.41) is 17.2. The molecular weight excluding hydrogens is 168 g/mol. The topological polar surface area (TPSA) is 74.0 Å². The molecule has 0 radical (unpaired) electrons. The van der Waals surface area contributed by atoms with Crippen molar-refractivity contribution < 1.29 is 9.90 Å². The summed E-state index contributed by atoms with van der Waals surface area (Å²) in [5.41, 5.74) is 0.507. The van der Waals surface area contributed by atoms with Crippen molar-refractivity contribution in [1.82, 2.24) is 4.98 Å². The molecule has 1 aromatic heterocycles. The first kappa shape index (κ1) is 9.20. The van der Waals surface area contributed by atoms with Gasteiger partial charge in [-0.25, -0.2) is 0 Å². The minimum absolute atomic E-state index is 0.201. The highest BCUT2D eigenvalue weighted by atomic mass is 16.4. The number of pyridine rings is 1. The Morgan fingerprint density at radius 3 is 2.92 bits per heavy atom. The highest BCUT2D eigenvalue weighted by molar-refractivity contribution is 5.68. The second-order valence-electron chi connectivity index (χ2n) is 2.53. The van der Waals surface area contributed by atoms with E-state index in [4.69, 9.17) is 10.4 Å². The fourth-order valence-corrected chi connectivity index (χ4v) is 0.973. The fraction of sp³-hybridized carbons (Fsp3) is 0.222. The summed E-state index contributed by atoms with van der Waals surface area (Å²) >= 11 is 0. The Bertz CT molecular complexity index is 329. The predicted molar refractivity (Wildman–Crippen MR) is 44.8 cm³/mol. The highest BCUT2D eigenvalue weighted by Gasteiger charge is 2.15. The minimum atomic E-state index is -0.989. The van der Waals surface area contributed by atoms with Gasteiger partial charge in [0.15, 0.2) is 0 Å². The first-order chi connectivity index (χ1) is 6.24. The number of hydrogen-bond donors (Lipinski definition) is 1. The molecule has 0 aliphatic rings. The lowest BCUT2D eigenvalue weighted by Gasteiger charge is -2.03. The van der Waals surface area contributed by atoms with Crippen molar-refractivity contribution in [3.8, 4) is 6.07 Å². The average molecular weight is 176 g/mol. The summed E-state index contributed by atoms with van der Waals surface area (Å²) in [4.78, 5) is 14.3. The third kappa shape index (κ3) is 2.56. The third-order valence-electron chi connectivity index (χ3n) is 1.58. The first-order valence-corrected chi connectivity index (χ1v) is 3.76. The van der Waals surface area contributed by atoms with Gasteiger partial charge in [0.25, 0.3) is 0 Å². The van der Waals surface area contributed by atoms with Crippen LogP contribution in [-0.2, 0) is 4.79 Å². The molecule has 0 amide bonds. The van der Waals surface area contributed by atoms with Gasteiger partial charge in [-0.05, 0) is 12.1 Å². The molecule has 4 nitrogen and oxygen atoms in total. The smallest absolute Gasteiger partial charge is 0.305 e. The molecule has 0 spiro atoms. The zero-order valence-corrected chi connectivity index (χ0v) is 6.84. The highest BCUT2D eigenvalue weighted by Crippen LogP contribution is 2.15. The SMILES string of the molecule is N#CC(CC(=O)O)c1ccccn1. The number of rotatable bonds is 3. The lowest BCUT2D eigenvalue weighted by atomic mass is 10.0. The maximum Gasteiger partial charge on any atom is 0.305 e. The summed E-state index contributed by atoms with van der Waals surface area (Å²) in [6.07, 6.45) is 1.34. The Kier molecular flexibility index (Phi) is 2.98. The number of aliphatic carboxylic acids is 1. The van der Waals surface area contributed by atoms with Gasteiger partial charge in [-0.1, -0.05) is 6.07 Å². The molecule has 0 aliphatic heterocycles. The van der Waals surface area contributed by atoms with E-state index in [1.165, 1.54) is 0 Å². The monoisotopic (exact) mass is 176 g/mol. The van der Waals surface area contributed by atoms with E-state index >= 15 is 0 Å². The van der Waals surface area contributed by atoms with Crippen molar-refractivity contribution in [2.75, 3.05) is 0 Å². The predicted octanol–water partition coefficient (Wildman–Crippen LogP) is 1.16. The Labute approximate surface area is 75.5 Å². The van der Waals surface area contributed by atoms with E-state index in [1.807, 2.05) is 6.07 Å². The number of nitrogens with zero attached hydrogens (tertiary/aromatic N) is 2. The van der Waals surface area contributed by atoms with Gasteiger partial charge < -0.3 is 5.11 Å². The van der Waals surface area contributed by atoms with Gasteiger partial charge in [0.1, 0.15) is 0 Å². The zero-order chi connectivity index (χ0) is 9.68. The van der Waals surface area contributed by atoms with Crippen molar-refractivity contribution in [1.29, 1.82) is 5.26 Å². The average Bonchev–Trinajstić information content (AvgIpc) is 2.15. The van der Waals surface area contributed by atoms with Crippen LogP contribution in [0.5, 0.6) is 0 Å². The van der Waals surface area contributed by atoms with Crippen LogP contribution < -0.4 is 0 Å². The number of nitriles is 1. The number of aromatic nitrogens is 1. The molecule has 0 fully saturated rings. The second-order valence-corrected chi connectivity index (χ2v) is 2.53. The molecule has 1 heterocycles. The van der Waals surface area contributed by atoms with Crippen LogP contribution in [0.15, 0.2) is 24.4 Å². The van der Waals surface area contributed by atoms with Crippen molar-refractivity contribution in [2.24, 2.45) is 0 Å². The molecule has 0 aliphatic carbocycles. The molecule has 1 atom stereocenters. The largest absolute Gasteiger partial charge is 0.481 e. The Balaban J connectivity index is 2.80. The van der Waals surface area contributed by atoms with Gasteiger partial charge in [-0.3, -0.25) is 9.78 Å². The van der Waals surface area contributed by atoms with Crippen LogP contribution >= 0.6 is 0 Å². The third-order valence-corrected chi connectivity index (χ3v) is 1.58. The normalized spacial score (nSPS) is 11.6. The van der Waals surface area contributed by atoms with Gasteiger partial charge in [0, 0.05) is 6.20 Å². The Morgan fingerprint density at radius 2 is 2.46 bits per heavy atom. The quantitative estimate of drug-likeness (QED) is 0.749.